The van der Waals surface area contributed by atoms with E-state index in [9.17, 15) is 9.59 Å². The first-order chi connectivity index (χ1) is 10.4. The summed E-state index contributed by atoms with van der Waals surface area (Å²) >= 11 is 0. The van der Waals surface area contributed by atoms with E-state index in [0.717, 1.165) is 24.0 Å². The molecule has 1 aromatic rings. The fourth-order valence-corrected chi connectivity index (χ4v) is 2.73. The van der Waals surface area contributed by atoms with Crippen molar-refractivity contribution >= 4 is 12.4 Å². The lowest BCUT2D eigenvalue weighted by Gasteiger charge is -2.27. The summed E-state index contributed by atoms with van der Waals surface area (Å²) in [4.78, 5) is 25.3. The molecule has 2 rings (SSSR count). The summed E-state index contributed by atoms with van der Waals surface area (Å²) in [6, 6.07) is 7.14. The van der Waals surface area contributed by atoms with Gasteiger partial charge in [-0.05, 0) is 44.9 Å². The van der Waals surface area contributed by atoms with Crippen molar-refractivity contribution < 1.29 is 19.1 Å². The topological polar surface area (TPSA) is 55.8 Å². The van der Waals surface area contributed by atoms with E-state index in [1.54, 1.807) is 7.11 Å². The van der Waals surface area contributed by atoms with Crippen molar-refractivity contribution in [2.24, 2.45) is 0 Å². The zero-order chi connectivity index (χ0) is 16.3. The van der Waals surface area contributed by atoms with Crippen LogP contribution in [0.2, 0.25) is 0 Å². The molecule has 0 bridgehead atoms. The van der Waals surface area contributed by atoms with E-state index in [4.69, 9.17) is 9.47 Å². The molecular weight excluding hydrogens is 282 g/mol. The number of amides is 1. The summed E-state index contributed by atoms with van der Waals surface area (Å²) in [5.41, 5.74) is 0.465. The molecule has 1 fully saturated rings. The van der Waals surface area contributed by atoms with Crippen LogP contribution in [0, 0.1) is 0 Å². The molecule has 1 heterocycles. The molecule has 0 aromatic heterocycles. The van der Waals surface area contributed by atoms with Gasteiger partial charge in [-0.15, -0.1) is 0 Å². The molecule has 0 unspecified atom stereocenters. The Bertz CT molecular complexity index is 533. The van der Waals surface area contributed by atoms with Gasteiger partial charge in [0.15, 0.2) is 0 Å². The number of hydrogen-bond donors (Lipinski definition) is 0. The van der Waals surface area contributed by atoms with Crippen molar-refractivity contribution in [1.29, 1.82) is 0 Å². The monoisotopic (exact) mass is 305 g/mol. The van der Waals surface area contributed by atoms with E-state index in [0.29, 0.717) is 6.54 Å². The van der Waals surface area contributed by atoms with E-state index in [2.05, 4.69) is 0 Å². The van der Waals surface area contributed by atoms with Gasteiger partial charge in [-0.3, -0.25) is 4.90 Å². The van der Waals surface area contributed by atoms with Crippen molar-refractivity contribution in [3.8, 4) is 5.75 Å². The van der Waals surface area contributed by atoms with Crippen molar-refractivity contribution in [2.75, 3.05) is 13.7 Å². The second-order valence-electron chi connectivity index (χ2n) is 6.47. The van der Waals surface area contributed by atoms with Crippen LogP contribution >= 0.6 is 0 Å². The third-order valence-electron chi connectivity index (χ3n) is 3.76. The van der Waals surface area contributed by atoms with Gasteiger partial charge in [0.25, 0.3) is 0 Å². The Kier molecular flexibility index (Phi) is 4.74. The van der Waals surface area contributed by atoms with Gasteiger partial charge in [-0.25, -0.2) is 4.79 Å². The summed E-state index contributed by atoms with van der Waals surface area (Å²) in [6.07, 6.45) is 1.15. The van der Waals surface area contributed by atoms with Crippen LogP contribution in [-0.2, 0) is 9.53 Å². The average Bonchev–Trinajstić information content (AvgIpc) is 2.89. The Hall–Kier alpha value is -2.04. The van der Waals surface area contributed by atoms with Crippen LogP contribution in [0.15, 0.2) is 24.3 Å². The van der Waals surface area contributed by atoms with Gasteiger partial charge in [0, 0.05) is 12.5 Å². The number of rotatable bonds is 3. The zero-order valence-corrected chi connectivity index (χ0v) is 13.5. The molecule has 0 spiro atoms. The second kappa shape index (κ2) is 6.38. The molecule has 0 N–H and O–H groups in total. The van der Waals surface area contributed by atoms with Crippen LogP contribution in [0.5, 0.6) is 5.75 Å². The molecule has 0 aliphatic carbocycles. The molecule has 1 amide bonds. The summed E-state index contributed by atoms with van der Waals surface area (Å²) in [5.74, 6) is 0.768. The molecule has 22 heavy (non-hydrogen) atoms. The quantitative estimate of drug-likeness (QED) is 0.806. The normalized spacial score (nSPS) is 21.5. The highest BCUT2D eigenvalue weighted by molar-refractivity contribution is 5.75. The Labute approximate surface area is 131 Å². The summed E-state index contributed by atoms with van der Waals surface area (Å²) in [6.45, 7) is 5.97. The molecule has 0 radical (unpaired) electrons. The number of hydrogen-bond acceptors (Lipinski definition) is 4. The fourth-order valence-electron chi connectivity index (χ4n) is 2.73. The highest BCUT2D eigenvalue weighted by Gasteiger charge is 2.39. The number of carbonyl (C=O) groups is 2. The molecular formula is C17H23NO4. The molecule has 0 saturated carbocycles. The Morgan fingerprint density at radius 1 is 1.27 bits per heavy atom. The number of ether oxygens (including phenoxy) is 2. The first-order valence-corrected chi connectivity index (χ1v) is 7.44. The van der Waals surface area contributed by atoms with Gasteiger partial charge in [-0.1, -0.05) is 12.1 Å². The minimum absolute atomic E-state index is 0.00377. The highest BCUT2D eigenvalue weighted by atomic mass is 16.6. The number of nitrogens with zero attached hydrogens (tertiary/aromatic N) is 1. The largest absolute Gasteiger partial charge is 0.497 e. The van der Waals surface area contributed by atoms with Gasteiger partial charge in [0.05, 0.1) is 13.2 Å². The van der Waals surface area contributed by atoms with Crippen LogP contribution < -0.4 is 4.74 Å². The molecule has 1 aliphatic rings. The van der Waals surface area contributed by atoms with Gasteiger partial charge >= 0.3 is 6.09 Å². The lowest BCUT2D eigenvalue weighted by atomic mass is 9.92. The van der Waals surface area contributed by atoms with Crippen molar-refractivity contribution in [3.05, 3.63) is 29.8 Å². The minimum Gasteiger partial charge on any atom is -0.497 e. The van der Waals surface area contributed by atoms with Gasteiger partial charge in [0.2, 0.25) is 0 Å². The number of benzene rings is 1. The SMILES string of the molecule is COc1ccc([C@H]2CCN(C(=O)OC(C)(C)C)[C@H]2C=O)cc1. The Balaban J connectivity index is 2.15. The van der Waals surface area contributed by atoms with Crippen LogP contribution in [-0.4, -0.2) is 42.6 Å². The van der Waals surface area contributed by atoms with Crippen LogP contribution in [0.3, 0.4) is 0 Å². The predicted molar refractivity (Wildman–Crippen MR) is 83.1 cm³/mol. The first kappa shape index (κ1) is 16.3. The molecule has 1 aromatic carbocycles. The standard InChI is InChI=1S/C17H23NO4/c1-17(2,3)22-16(20)18-10-9-14(15(18)11-19)12-5-7-13(21-4)8-6-12/h5-8,11,14-15H,9-10H2,1-4H3/t14-,15+/m1/s1. The molecule has 5 nitrogen and oxygen atoms in total. The zero-order valence-electron chi connectivity index (χ0n) is 13.5. The molecule has 1 saturated heterocycles. The van der Waals surface area contributed by atoms with E-state index in [1.807, 2.05) is 45.0 Å². The number of carbonyl (C=O) groups excluding carboxylic acids is 2. The van der Waals surface area contributed by atoms with Crippen molar-refractivity contribution in [3.63, 3.8) is 0 Å². The van der Waals surface area contributed by atoms with Gasteiger partial charge in [-0.2, -0.15) is 0 Å². The second-order valence-corrected chi connectivity index (χ2v) is 6.47. The minimum atomic E-state index is -0.567. The summed E-state index contributed by atoms with van der Waals surface area (Å²) in [7, 11) is 1.61. The molecule has 5 heteroatoms. The maximum atomic E-state index is 12.2. The molecule has 120 valence electrons. The summed E-state index contributed by atoms with van der Waals surface area (Å²) in [5, 5.41) is 0. The third-order valence-corrected chi connectivity index (χ3v) is 3.76. The number of aldehydes is 1. The number of methoxy groups -OCH3 is 1. The van der Waals surface area contributed by atoms with Crippen molar-refractivity contribution in [2.45, 2.75) is 44.8 Å². The Morgan fingerprint density at radius 3 is 2.41 bits per heavy atom. The maximum absolute atomic E-state index is 12.2. The Morgan fingerprint density at radius 2 is 1.91 bits per heavy atom. The van der Waals surface area contributed by atoms with Crippen LogP contribution in [0.4, 0.5) is 4.79 Å². The molecule has 1 aliphatic heterocycles. The summed E-state index contributed by atoms with van der Waals surface area (Å²) < 4.78 is 10.5. The van der Waals surface area contributed by atoms with E-state index in [1.165, 1.54) is 4.90 Å². The van der Waals surface area contributed by atoms with E-state index >= 15 is 0 Å². The third kappa shape index (κ3) is 3.59. The smallest absolute Gasteiger partial charge is 0.410 e. The van der Waals surface area contributed by atoms with E-state index in [-0.39, 0.29) is 5.92 Å². The van der Waals surface area contributed by atoms with Gasteiger partial charge < -0.3 is 14.3 Å². The predicted octanol–water partition coefficient (Wildman–Crippen LogP) is 2.99. The highest BCUT2D eigenvalue weighted by Crippen LogP contribution is 2.34. The fraction of sp³-hybridized carbons (Fsp3) is 0.529. The first-order valence-electron chi connectivity index (χ1n) is 7.44. The lowest BCUT2D eigenvalue weighted by molar-refractivity contribution is -0.112. The average molecular weight is 305 g/mol. The maximum Gasteiger partial charge on any atom is 0.410 e. The van der Waals surface area contributed by atoms with E-state index < -0.39 is 17.7 Å². The van der Waals surface area contributed by atoms with Crippen LogP contribution in [0.25, 0.3) is 0 Å². The number of likely N-dealkylation sites (tertiary alicyclic amines) is 1. The molecule has 2 atom stereocenters. The van der Waals surface area contributed by atoms with Gasteiger partial charge in [0.1, 0.15) is 17.6 Å². The lowest BCUT2D eigenvalue weighted by Crippen LogP contribution is -2.41. The van der Waals surface area contributed by atoms with Crippen LogP contribution in [0.1, 0.15) is 38.7 Å². The van der Waals surface area contributed by atoms with Crippen molar-refractivity contribution in [1.82, 2.24) is 4.90 Å².